The van der Waals surface area contributed by atoms with Gasteiger partial charge in [-0.05, 0) is 42.8 Å². The molecule has 0 saturated carbocycles. The molecular weight excluding hydrogens is 402 g/mol. The molecule has 2 amide bonds. The van der Waals surface area contributed by atoms with Crippen molar-refractivity contribution in [1.29, 1.82) is 0 Å². The van der Waals surface area contributed by atoms with Gasteiger partial charge in [-0.15, -0.1) is 0 Å². The van der Waals surface area contributed by atoms with Crippen LogP contribution in [0.2, 0.25) is 15.1 Å². The third-order valence-electron chi connectivity index (χ3n) is 3.62. The predicted molar refractivity (Wildman–Crippen MR) is 101 cm³/mol. The van der Waals surface area contributed by atoms with Crippen LogP contribution in [0.3, 0.4) is 0 Å². The lowest BCUT2D eigenvalue weighted by Gasteiger charge is -2.16. The van der Waals surface area contributed by atoms with Gasteiger partial charge in [0.05, 0.1) is 16.6 Å². The first-order valence-corrected chi connectivity index (χ1v) is 8.89. The molecule has 0 fully saturated rings. The van der Waals surface area contributed by atoms with Gasteiger partial charge in [0.1, 0.15) is 5.82 Å². The third kappa shape index (κ3) is 5.59. The van der Waals surface area contributed by atoms with E-state index in [1.165, 1.54) is 6.07 Å². The standard InChI is InChI=1S/C18H16Cl3FN2O2/c1-10(13-4-2-11(19)8-15(13)20)24-17(25)6-7-23-18(26)14-5-3-12(22)9-16(14)21/h2-5,8-10H,6-7H2,1H3,(H,23,26)(H,24,25). The van der Waals surface area contributed by atoms with Gasteiger partial charge in [0, 0.05) is 23.0 Å². The van der Waals surface area contributed by atoms with Crippen molar-refractivity contribution in [2.24, 2.45) is 0 Å². The molecule has 0 spiro atoms. The first kappa shape index (κ1) is 20.5. The molecule has 0 radical (unpaired) electrons. The predicted octanol–water partition coefficient (Wildman–Crippen LogP) is 4.78. The zero-order valence-electron chi connectivity index (χ0n) is 13.8. The van der Waals surface area contributed by atoms with Crippen molar-refractivity contribution in [3.8, 4) is 0 Å². The van der Waals surface area contributed by atoms with Crippen molar-refractivity contribution < 1.29 is 14.0 Å². The lowest BCUT2D eigenvalue weighted by atomic mass is 10.1. The number of hydrogen-bond donors (Lipinski definition) is 2. The zero-order chi connectivity index (χ0) is 19.3. The summed E-state index contributed by atoms with van der Waals surface area (Å²) in [6.45, 7) is 1.91. The molecule has 26 heavy (non-hydrogen) atoms. The summed E-state index contributed by atoms with van der Waals surface area (Å²) in [7, 11) is 0. The average molecular weight is 418 g/mol. The number of nitrogens with one attached hydrogen (secondary N) is 2. The first-order chi connectivity index (χ1) is 12.3. The average Bonchev–Trinajstić information content (AvgIpc) is 2.54. The molecule has 1 atom stereocenters. The van der Waals surface area contributed by atoms with Crippen molar-refractivity contribution in [3.63, 3.8) is 0 Å². The summed E-state index contributed by atoms with van der Waals surface area (Å²) in [5, 5.41) is 6.36. The summed E-state index contributed by atoms with van der Waals surface area (Å²) in [6, 6.07) is 8.22. The van der Waals surface area contributed by atoms with Gasteiger partial charge in [-0.2, -0.15) is 0 Å². The number of amides is 2. The minimum absolute atomic E-state index is 0.0120. The number of rotatable bonds is 6. The van der Waals surface area contributed by atoms with Crippen molar-refractivity contribution in [2.75, 3.05) is 6.54 Å². The van der Waals surface area contributed by atoms with Crippen LogP contribution in [-0.4, -0.2) is 18.4 Å². The van der Waals surface area contributed by atoms with E-state index in [0.29, 0.717) is 10.0 Å². The van der Waals surface area contributed by atoms with Crippen LogP contribution in [0, 0.1) is 5.82 Å². The summed E-state index contributed by atoms with van der Waals surface area (Å²) in [4.78, 5) is 24.0. The number of carbonyl (C=O) groups excluding carboxylic acids is 2. The molecule has 0 aromatic heterocycles. The van der Waals surface area contributed by atoms with Gasteiger partial charge in [0.2, 0.25) is 5.91 Å². The van der Waals surface area contributed by atoms with Crippen LogP contribution in [0.5, 0.6) is 0 Å². The second-order valence-electron chi connectivity index (χ2n) is 5.59. The van der Waals surface area contributed by atoms with Gasteiger partial charge in [-0.3, -0.25) is 9.59 Å². The Morgan fingerprint density at radius 3 is 2.46 bits per heavy atom. The molecule has 0 aliphatic rings. The third-order valence-corrected chi connectivity index (χ3v) is 4.50. The second-order valence-corrected chi connectivity index (χ2v) is 6.84. The summed E-state index contributed by atoms with van der Waals surface area (Å²) >= 11 is 17.8. The highest BCUT2D eigenvalue weighted by atomic mass is 35.5. The molecule has 8 heteroatoms. The Morgan fingerprint density at radius 2 is 1.81 bits per heavy atom. The number of carbonyl (C=O) groups is 2. The zero-order valence-corrected chi connectivity index (χ0v) is 16.1. The van der Waals surface area contributed by atoms with Crippen molar-refractivity contribution in [1.82, 2.24) is 10.6 Å². The summed E-state index contributed by atoms with van der Waals surface area (Å²) in [6.07, 6.45) is 0.0695. The monoisotopic (exact) mass is 416 g/mol. The first-order valence-electron chi connectivity index (χ1n) is 7.75. The van der Waals surface area contributed by atoms with Crippen LogP contribution in [0.25, 0.3) is 0 Å². The maximum atomic E-state index is 13.0. The molecule has 1 unspecified atom stereocenters. The molecule has 0 heterocycles. The van der Waals surface area contributed by atoms with E-state index in [9.17, 15) is 14.0 Å². The SMILES string of the molecule is CC(NC(=O)CCNC(=O)c1ccc(F)cc1Cl)c1ccc(Cl)cc1Cl. The van der Waals surface area contributed by atoms with Gasteiger partial charge < -0.3 is 10.6 Å². The van der Waals surface area contributed by atoms with E-state index in [4.69, 9.17) is 34.8 Å². The molecule has 138 valence electrons. The summed E-state index contributed by atoms with van der Waals surface area (Å²) in [5.74, 6) is -1.26. The Balaban J connectivity index is 1.84. The number of hydrogen-bond acceptors (Lipinski definition) is 2. The lowest BCUT2D eigenvalue weighted by Crippen LogP contribution is -2.32. The summed E-state index contributed by atoms with van der Waals surface area (Å²) in [5.41, 5.74) is 0.890. The lowest BCUT2D eigenvalue weighted by molar-refractivity contribution is -0.121. The number of benzene rings is 2. The van der Waals surface area contributed by atoms with Gasteiger partial charge in [-0.1, -0.05) is 40.9 Å². The Labute approximate surface area is 165 Å². The highest BCUT2D eigenvalue weighted by Gasteiger charge is 2.14. The van der Waals surface area contributed by atoms with E-state index in [1.807, 2.05) is 0 Å². The molecule has 0 bridgehead atoms. The van der Waals surface area contributed by atoms with Crippen LogP contribution in [0.1, 0.15) is 35.3 Å². The van der Waals surface area contributed by atoms with Crippen LogP contribution in [0.15, 0.2) is 36.4 Å². The normalized spacial score (nSPS) is 11.7. The molecule has 0 saturated heterocycles. The largest absolute Gasteiger partial charge is 0.351 e. The van der Waals surface area contributed by atoms with Crippen LogP contribution in [-0.2, 0) is 4.79 Å². The fourth-order valence-corrected chi connectivity index (χ4v) is 3.13. The highest BCUT2D eigenvalue weighted by Crippen LogP contribution is 2.26. The molecule has 0 aliphatic heterocycles. The van der Waals surface area contributed by atoms with Gasteiger partial charge >= 0.3 is 0 Å². The molecular formula is C18H16Cl3FN2O2. The van der Waals surface area contributed by atoms with Crippen molar-refractivity contribution in [2.45, 2.75) is 19.4 Å². The highest BCUT2D eigenvalue weighted by molar-refractivity contribution is 6.35. The molecule has 2 aromatic carbocycles. The molecule has 0 aliphatic carbocycles. The Bertz CT molecular complexity index is 830. The number of halogens is 4. The van der Waals surface area contributed by atoms with Crippen LogP contribution >= 0.6 is 34.8 Å². The van der Waals surface area contributed by atoms with E-state index >= 15 is 0 Å². The Morgan fingerprint density at radius 1 is 1.08 bits per heavy atom. The smallest absolute Gasteiger partial charge is 0.252 e. The Kier molecular flexibility index (Phi) is 7.26. The van der Waals surface area contributed by atoms with Crippen molar-refractivity contribution in [3.05, 3.63) is 68.4 Å². The van der Waals surface area contributed by atoms with E-state index in [1.54, 1.807) is 25.1 Å². The molecule has 2 N–H and O–H groups in total. The van der Waals surface area contributed by atoms with Crippen molar-refractivity contribution >= 4 is 46.6 Å². The minimum atomic E-state index is -0.527. The van der Waals surface area contributed by atoms with Gasteiger partial charge in [0.25, 0.3) is 5.91 Å². The quantitative estimate of drug-likeness (QED) is 0.710. The fraction of sp³-hybridized carbons (Fsp3) is 0.222. The van der Waals surface area contributed by atoms with Crippen LogP contribution < -0.4 is 10.6 Å². The van der Waals surface area contributed by atoms with Gasteiger partial charge in [-0.25, -0.2) is 4.39 Å². The maximum absolute atomic E-state index is 13.0. The maximum Gasteiger partial charge on any atom is 0.252 e. The van der Waals surface area contributed by atoms with Crippen LogP contribution in [0.4, 0.5) is 4.39 Å². The molecule has 4 nitrogen and oxygen atoms in total. The van der Waals surface area contributed by atoms with E-state index in [0.717, 1.165) is 17.7 Å². The molecule has 2 aromatic rings. The second kappa shape index (κ2) is 9.21. The Hall–Kier alpha value is -1.82. The minimum Gasteiger partial charge on any atom is -0.351 e. The van der Waals surface area contributed by atoms with E-state index < -0.39 is 11.7 Å². The van der Waals surface area contributed by atoms with E-state index in [2.05, 4.69) is 10.6 Å². The summed E-state index contributed by atoms with van der Waals surface area (Å²) < 4.78 is 13.0. The topological polar surface area (TPSA) is 58.2 Å². The fourth-order valence-electron chi connectivity index (χ4n) is 2.30. The van der Waals surface area contributed by atoms with Gasteiger partial charge in [0.15, 0.2) is 0 Å². The molecule has 2 rings (SSSR count). The van der Waals surface area contributed by atoms with E-state index in [-0.39, 0.29) is 35.5 Å².